The molecule has 1 unspecified atom stereocenters. The number of fused-ring (bicyclic) bond motifs is 2. The predicted octanol–water partition coefficient (Wildman–Crippen LogP) is 2.85. The summed E-state index contributed by atoms with van der Waals surface area (Å²) in [6.45, 7) is 3.23. The number of nitrogens with zero attached hydrogens (tertiary/aromatic N) is 1. The van der Waals surface area contributed by atoms with E-state index in [0.717, 1.165) is 12.5 Å². The second-order valence-corrected chi connectivity index (χ2v) is 6.85. The molecule has 0 bridgehead atoms. The van der Waals surface area contributed by atoms with Crippen molar-refractivity contribution in [2.75, 3.05) is 18.0 Å². The van der Waals surface area contributed by atoms with Gasteiger partial charge >= 0.3 is 0 Å². The van der Waals surface area contributed by atoms with Crippen LogP contribution in [0.4, 0.5) is 10.1 Å². The summed E-state index contributed by atoms with van der Waals surface area (Å²) in [5, 5.41) is 2.97. The van der Waals surface area contributed by atoms with Crippen molar-refractivity contribution in [2.45, 2.75) is 19.4 Å². The van der Waals surface area contributed by atoms with Gasteiger partial charge in [0.1, 0.15) is 11.4 Å². The van der Waals surface area contributed by atoms with Gasteiger partial charge in [-0.25, -0.2) is 4.39 Å². The summed E-state index contributed by atoms with van der Waals surface area (Å²) in [5.41, 5.74) is 2.52. The van der Waals surface area contributed by atoms with Crippen molar-refractivity contribution in [3.05, 3.63) is 75.8 Å². The van der Waals surface area contributed by atoms with Gasteiger partial charge in [0.15, 0.2) is 0 Å². The number of aromatic amines is 1. The minimum absolute atomic E-state index is 0.0111. The molecule has 0 saturated heterocycles. The van der Waals surface area contributed by atoms with Crippen LogP contribution >= 0.6 is 0 Å². The monoisotopic (exact) mass is 365 g/mol. The topological polar surface area (TPSA) is 65.2 Å². The Morgan fingerprint density at radius 2 is 2.11 bits per heavy atom. The van der Waals surface area contributed by atoms with Crippen LogP contribution in [-0.4, -0.2) is 30.0 Å². The molecule has 1 atom stereocenters. The fourth-order valence-electron chi connectivity index (χ4n) is 3.71. The molecule has 27 heavy (non-hydrogen) atoms. The lowest BCUT2D eigenvalue weighted by molar-refractivity contribution is 0.0953. The Morgan fingerprint density at radius 1 is 1.30 bits per heavy atom. The Balaban J connectivity index is 1.47. The molecule has 5 nitrogen and oxygen atoms in total. The van der Waals surface area contributed by atoms with Crippen LogP contribution in [0, 0.1) is 5.82 Å². The molecule has 3 aromatic rings. The number of halogens is 1. The molecule has 0 spiro atoms. The molecule has 0 saturated carbocycles. The van der Waals surface area contributed by atoms with E-state index < -0.39 is 17.2 Å². The number of anilines is 1. The smallest absolute Gasteiger partial charge is 0.256 e. The Labute approximate surface area is 155 Å². The zero-order valence-electron chi connectivity index (χ0n) is 15.0. The number of benzene rings is 2. The third-order valence-corrected chi connectivity index (χ3v) is 5.07. The van der Waals surface area contributed by atoms with E-state index in [1.807, 2.05) is 12.1 Å². The maximum absolute atomic E-state index is 13.4. The summed E-state index contributed by atoms with van der Waals surface area (Å²) in [7, 11) is 0. The van der Waals surface area contributed by atoms with E-state index in [1.165, 1.54) is 29.6 Å². The lowest BCUT2D eigenvalue weighted by atomic mass is 10.1. The number of amides is 1. The molecule has 2 N–H and O–H groups in total. The van der Waals surface area contributed by atoms with Crippen molar-refractivity contribution in [2.24, 2.45) is 0 Å². The van der Waals surface area contributed by atoms with Gasteiger partial charge in [-0.3, -0.25) is 9.59 Å². The summed E-state index contributed by atoms with van der Waals surface area (Å²) in [5.74, 6) is -0.963. The minimum Gasteiger partial charge on any atom is -0.367 e. The van der Waals surface area contributed by atoms with Gasteiger partial charge < -0.3 is 15.2 Å². The molecule has 6 heteroatoms. The average molecular weight is 365 g/mol. The number of carbonyl (C=O) groups excluding carboxylic acids is 1. The van der Waals surface area contributed by atoms with E-state index in [-0.39, 0.29) is 10.9 Å². The molecule has 2 aromatic carbocycles. The van der Waals surface area contributed by atoms with Crippen molar-refractivity contribution in [3.8, 4) is 0 Å². The largest absolute Gasteiger partial charge is 0.367 e. The van der Waals surface area contributed by atoms with Gasteiger partial charge in [-0.05, 0) is 43.2 Å². The van der Waals surface area contributed by atoms with Crippen LogP contribution < -0.4 is 15.6 Å². The fourth-order valence-corrected chi connectivity index (χ4v) is 3.71. The van der Waals surface area contributed by atoms with Gasteiger partial charge in [-0.15, -0.1) is 0 Å². The summed E-state index contributed by atoms with van der Waals surface area (Å²) in [4.78, 5) is 30.1. The molecule has 1 aromatic heterocycles. The number of para-hydroxylation sites is 1. The number of pyridine rings is 1. The highest BCUT2D eigenvalue weighted by Gasteiger charge is 2.25. The second-order valence-electron chi connectivity index (χ2n) is 6.85. The predicted molar refractivity (Wildman–Crippen MR) is 104 cm³/mol. The number of nitrogens with one attached hydrogen (secondary N) is 2. The Kier molecular flexibility index (Phi) is 4.39. The minimum atomic E-state index is -0.507. The van der Waals surface area contributed by atoms with E-state index in [9.17, 15) is 14.0 Å². The molecule has 1 amide bonds. The van der Waals surface area contributed by atoms with Crippen molar-refractivity contribution in [3.63, 3.8) is 0 Å². The summed E-state index contributed by atoms with van der Waals surface area (Å²) >= 11 is 0. The maximum atomic E-state index is 13.4. The first-order valence-electron chi connectivity index (χ1n) is 8.98. The summed E-state index contributed by atoms with van der Waals surface area (Å²) < 4.78 is 13.4. The van der Waals surface area contributed by atoms with Crippen LogP contribution in [0.3, 0.4) is 0 Å². The third-order valence-electron chi connectivity index (χ3n) is 5.07. The van der Waals surface area contributed by atoms with Crippen molar-refractivity contribution >= 4 is 22.5 Å². The van der Waals surface area contributed by atoms with Crippen LogP contribution in [0.25, 0.3) is 10.9 Å². The lowest BCUT2D eigenvalue weighted by Crippen LogP contribution is -2.39. The molecule has 1 aliphatic heterocycles. The van der Waals surface area contributed by atoms with E-state index in [4.69, 9.17) is 0 Å². The molecule has 1 aliphatic rings. The summed E-state index contributed by atoms with van der Waals surface area (Å²) in [6.07, 6.45) is 2.37. The van der Waals surface area contributed by atoms with E-state index in [0.29, 0.717) is 24.6 Å². The first kappa shape index (κ1) is 17.3. The fraction of sp³-hybridized carbons (Fsp3) is 0.238. The van der Waals surface area contributed by atoms with Crippen molar-refractivity contribution in [1.82, 2.24) is 10.3 Å². The average Bonchev–Trinajstić information content (AvgIpc) is 2.98. The Morgan fingerprint density at radius 3 is 2.96 bits per heavy atom. The van der Waals surface area contributed by atoms with Gasteiger partial charge in [0.05, 0.1) is 0 Å². The molecule has 0 fully saturated rings. The Hall–Kier alpha value is -3.15. The lowest BCUT2D eigenvalue weighted by Gasteiger charge is -2.25. The van der Waals surface area contributed by atoms with Crippen LogP contribution in [0.15, 0.2) is 53.5 Å². The number of H-pyrrole nitrogens is 1. The van der Waals surface area contributed by atoms with Crippen LogP contribution in [0.5, 0.6) is 0 Å². The highest BCUT2D eigenvalue weighted by atomic mass is 19.1. The molecular formula is C21H20FN3O2. The van der Waals surface area contributed by atoms with Gasteiger partial charge in [0, 0.05) is 41.9 Å². The number of hydrogen-bond acceptors (Lipinski definition) is 3. The SMILES string of the molecule is CC1Cc2ccccc2N1CCNC(=O)c1c[nH]c2ccc(F)cc2c1=O. The van der Waals surface area contributed by atoms with Crippen molar-refractivity contribution < 1.29 is 9.18 Å². The number of hydrogen-bond donors (Lipinski definition) is 2. The number of aromatic nitrogens is 1. The van der Waals surface area contributed by atoms with E-state index in [2.05, 4.69) is 34.3 Å². The zero-order valence-corrected chi connectivity index (χ0v) is 15.0. The first-order chi connectivity index (χ1) is 13.0. The van der Waals surface area contributed by atoms with Crippen LogP contribution in [-0.2, 0) is 6.42 Å². The Bertz CT molecular complexity index is 1080. The quantitative estimate of drug-likeness (QED) is 0.747. The number of carbonyl (C=O) groups is 1. The van der Waals surface area contributed by atoms with Gasteiger partial charge in [0.2, 0.25) is 5.43 Å². The maximum Gasteiger partial charge on any atom is 0.256 e. The van der Waals surface area contributed by atoms with Crippen molar-refractivity contribution in [1.29, 1.82) is 0 Å². The standard InChI is InChI=1S/C21H20FN3O2/c1-13-10-14-4-2-3-5-19(14)25(13)9-8-23-21(27)17-12-24-18-7-6-15(22)11-16(18)20(17)26/h2-7,11-13H,8-10H2,1H3,(H,23,27)(H,24,26). The van der Waals surface area contributed by atoms with E-state index in [1.54, 1.807) is 0 Å². The molecular weight excluding hydrogens is 345 g/mol. The normalized spacial score (nSPS) is 15.8. The highest BCUT2D eigenvalue weighted by molar-refractivity contribution is 5.97. The van der Waals surface area contributed by atoms with Gasteiger partial charge in [-0.2, -0.15) is 0 Å². The molecule has 0 aliphatic carbocycles. The molecule has 0 radical (unpaired) electrons. The third kappa shape index (κ3) is 3.18. The zero-order chi connectivity index (χ0) is 19.0. The molecule has 2 heterocycles. The van der Waals surface area contributed by atoms with Crippen LogP contribution in [0.2, 0.25) is 0 Å². The first-order valence-corrected chi connectivity index (χ1v) is 8.98. The molecule has 138 valence electrons. The molecule has 4 rings (SSSR count). The van der Waals surface area contributed by atoms with E-state index >= 15 is 0 Å². The number of rotatable bonds is 4. The van der Waals surface area contributed by atoms with Crippen LogP contribution in [0.1, 0.15) is 22.8 Å². The van der Waals surface area contributed by atoms with Gasteiger partial charge in [0.25, 0.3) is 5.91 Å². The summed E-state index contributed by atoms with van der Waals surface area (Å²) in [6, 6.07) is 12.5. The second kappa shape index (κ2) is 6.87. The highest BCUT2D eigenvalue weighted by Crippen LogP contribution is 2.31. The van der Waals surface area contributed by atoms with Gasteiger partial charge in [-0.1, -0.05) is 18.2 Å².